The molecule has 2 aromatic heterocycles. The maximum absolute atomic E-state index is 13.0. The van der Waals surface area contributed by atoms with E-state index in [2.05, 4.69) is 49.3 Å². The Bertz CT molecular complexity index is 1340. The van der Waals surface area contributed by atoms with Crippen molar-refractivity contribution in [2.45, 2.75) is 18.9 Å². The highest BCUT2D eigenvalue weighted by Crippen LogP contribution is 2.39. The number of aromatic amines is 1. The van der Waals surface area contributed by atoms with Crippen molar-refractivity contribution < 1.29 is 37.6 Å². The van der Waals surface area contributed by atoms with Gasteiger partial charge in [-0.05, 0) is 29.7 Å². The smallest absolute Gasteiger partial charge is 0.190 e. The molecule has 0 radical (unpaired) electrons. The highest BCUT2D eigenvalue weighted by molar-refractivity contribution is 5.88. The van der Waals surface area contributed by atoms with Crippen LogP contribution in [-0.2, 0) is 6.42 Å². The number of hydrogen-bond donors (Lipinski definition) is 1. The van der Waals surface area contributed by atoms with Crippen LogP contribution in [-0.4, -0.2) is 42.7 Å². The zero-order chi connectivity index (χ0) is 21.8. The van der Waals surface area contributed by atoms with Crippen molar-refractivity contribution in [3.8, 4) is 28.3 Å². The standard InChI is InChI=1S/C25H25N3O3.HI/c1-28(2,3)22-8-7-15-5-6-16(9-17(15)22)20-11-23(29)18-10-19(25-13-26-14-31-25)24(30-4)12-21(18)27-20;/h5-6,9-14,22H,7-8H2,1-4H3;1H. The molecule has 0 aliphatic heterocycles. The van der Waals surface area contributed by atoms with E-state index in [1.54, 1.807) is 25.4 Å². The van der Waals surface area contributed by atoms with E-state index >= 15 is 0 Å². The lowest BCUT2D eigenvalue weighted by molar-refractivity contribution is -0.901. The lowest BCUT2D eigenvalue weighted by Crippen LogP contribution is -3.00. The first-order chi connectivity index (χ1) is 14.8. The summed E-state index contributed by atoms with van der Waals surface area (Å²) in [5.41, 5.74) is 6.00. The molecule has 0 bridgehead atoms. The number of methoxy groups -OCH3 is 1. The minimum Gasteiger partial charge on any atom is -1.00 e. The second kappa shape index (κ2) is 8.37. The Hall–Kier alpha value is -2.65. The largest absolute Gasteiger partial charge is 1.00 e. The molecule has 1 atom stereocenters. The molecule has 2 heterocycles. The molecule has 6 nitrogen and oxygen atoms in total. The van der Waals surface area contributed by atoms with Crippen LogP contribution in [0, 0.1) is 0 Å². The van der Waals surface area contributed by atoms with Crippen LogP contribution in [0.15, 0.2) is 58.2 Å². The van der Waals surface area contributed by atoms with Gasteiger partial charge in [-0.3, -0.25) is 4.79 Å². The summed E-state index contributed by atoms with van der Waals surface area (Å²) in [4.78, 5) is 20.5. The quantitative estimate of drug-likeness (QED) is 0.314. The minimum atomic E-state index is -0.0455. The summed E-state index contributed by atoms with van der Waals surface area (Å²) in [6.45, 7) is 0. The lowest BCUT2D eigenvalue weighted by atomic mass is 10.00. The minimum absolute atomic E-state index is 0. The van der Waals surface area contributed by atoms with E-state index in [9.17, 15) is 4.79 Å². The lowest BCUT2D eigenvalue weighted by Gasteiger charge is -2.32. The van der Waals surface area contributed by atoms with Gasteiger partial charge < -0.3 is 42.6 Å². The van der Waals surface area contributed by atoms with Gasteiger partial charge in [0.2, 0.25) is 0 Å². The molecule has 0 amide bonds. The topological polar surface area (TPSA) is 68.1 Å². The number of H-pyrrole nitrogens is 1. The zero-order valence-electron chi connectivity index (χ0n) is 18.6. The second-order valence-electron chi connectivity index (χ2n) is 9.10. The van der Waals surface area contributed by atoms with Gasteiger partial charge in [0.25, 0.3) is 0 Å². The van der Waals surface area contributed by atoms with E-state index in [1.807, 2.05) is 6.07 Å². The van der Waals surface area contributed by atoms with Gasteiger partial charge in [0.05, 0.1) is 45.5 Å². The van der Waals surface area contributed by atoms with Crippen molar-refractivity contribution in [3.63, 3.8) is 0 Å². The Balaban J connectivity index is 0.00000245. The van der Waals surface area contributed by atoms with Crippen LogP contribution in [0.25, 0.3) is 33.5 Å². The summed E-state index contributed by atoms with van der Waals surface area (Å²) in [6, 6.07) is 12.3. The number of rotatable bonds is 4. The molecule has 1 aliphatic carbocycles. The SMILES string of the molecule is COc1cc2[nH]c(-c3ccc4c(c3)C([N+](C)(C)C)CC4)cc(=O)c2cc1-c1cnco1.[I-]. The number of quaternary nitrogens is 1. The molecule has 0 fully saturated rings. The van der Waals surface area contributed by atoms with Crippen LogP contribution in [0.3, 0.4) is 0 Å². The monoisotopic (exact) mass is 543 g/mol. The van der Waals surface area contributed by atoms with Crippen LogP contribution < -0.4 is 34.1 Å². The van der Waals surface area contributed by atoms with Gasteiger partial charge in [-0.2, -0.15) is 0 Å². The summed E-state index contributed by atoms with van der Waals surface area (Å²) in [5, 5.41) is 0.585. The average Bonchev–Trinajstić information content (AvgIpc) is 3.42. The third-order valence-corrected chi connectivity index (χ3v) is 6.29. The van der Waals surface area contributed by atoms with E-state index in [1.165, 1.54) is 17.5 Å². The summed E-state index contributed by atoms with van der Waals surface area (Å²) >= 11 is 0. The second-order valence-corrected chi connectivity index (χ2v) is 9.10. The molecule has 2 aromatic carbocycles. The van der Waals surface area contributed by atoms with Crippen molar-refractivity contribution in [2.24, 2.45) is 0 Å². The van der Waals surface area contributed by atoms with E-state index in [-0.39, 0.29) is 29.4 Å². The predicted molar refractivity (Wildman–Crippen MR) is 121 cm³/mol. The molecule has 7 heteroatoms. The Morgan fingerprint density at radius 1 is 1.16 bits per heavy atom. The Morgan fingerprint density at radius 2 is 1.97 bits per heavy atom. The van der Waals surface area contributed by atoms with Crippen molar-refractivity contribution in [3.05, 3.63) is 70.3 Å². The highest BCUT2D eigenvalue weighted by Gasteiger charge is 2.33. The molecular formula is C25H26IN3O3. The summed E-state index contributed by atoms with van der Waals surface area (Å²) in [6.07, 6.45) is 5.23. The predicted octanol–water partition coefficient (Wildman–Crippen LogP) is 1.56. The Kier molecular flexibility index (Phi) is 5.89. The van der Waals surface area contributed by atoms with E-state index in [0.29, 0.717) is 28.5 Å². The van der Waals surface area contributed by atoms with Gasteiger partial charge in [0.15, 0.2) is 17.6 Å². The normalized spacial score (nSPS) is 15.4. The Labute approximate surface area is 203 Å². The van der Waals surface area contributed by atoms with Crippen LogP contribution in [0.4, 0.5) is 0 Å². The number of nitrogens with one attached hydrogen (secondary N) is 1. The van der Waals surface area contributed by atoms with E-state index in [0.717, 1.165) is 34.1 Å². The number of pyridine rings is 1. The molecule has 1 N–H and O–H groups in total. The molecule has 1 unspecified atom stereocenters. The number of aromatic nitrogens is 2. The molecule has 1 aliphatic rings. The fraction of sp³-hybridized carbons (Fsp3) is 0.280. The maximum Gasteiger partial charge on any atom is 0.190 e. The van der Waals surface area contributed by atoms with Crippen LogP contribution in [0.5, 0.6) is 5.75 Å². The van der Waals surface area contributed by atoms with E-state index in [4.69, 9.17) is 9.15 Å². The molecular weight excluding hydrogens is 517 g/mol. The van der Waals surface area contributed by atoms with Gasteiger partial charge in [-0.15, -0.1) is 0 Å². The van der Waals surface area contributed by atoms with Gasteiger partial charge in [0.1, 0.15) is 11.8 Å². The molecule has 5 rings (SSSR count). The van der Waals surface area contributed by atoms with Gasteiger partial charge in [-0.25, -0.2) is 4.98 Å². The number of hydrogen-bond acceptors (Lipinski definition) is 4. The zero-order valence-corrected chi connectivity index (χ0v) is 20.8. The first-order valence-electron chi connectivity index (χ1n) is 10.4. The van der Waals surface area contributed by atoms with Crippen LogP contribution in [0.2, 0.25) is 0 Å². The van der Waals surface area contributed by atoms with Crippen LogP contribution in [0.1, 0.15) is 23.6 Å². The summed E-state index contributed by atoms with van der Waals surface area (Å²) in [7, 11) is 8.32. The highest BCUT2D eigenvalue weighted by atomic mass is 127. The molecule has 32 heavy (non-hydrogen) atoms. The van der Waals surface area contributed by atoms with Crippen LogP contribution >= 0.6 is 0 Å². The number of ether oxygens (including phenoxy) is 1. The van der Waals surface area contributed by atoms with E-state index < -0.39 is 0 Å². The first kappa shape index (κ1) is 22.5. The van der Waals surface area contributed by atoms with Gasteiger partial charge in [0, 0.05) is 35.2 Å². The number of benzene rings is 2. The van der Waals surface area contributed by atoms with Crippen molar-refractivity contribution in [2.75, 3.05) is 28.3 Å². The number of oxazole rings is 1. The van der Waals surface area contributed by atoms with Gasteiger partial charge in [-0.1, -0.05) is 12.1 Å². The average molecular weight is 543 g/mol. The summed E-state index contributed by atoms with van der Waals surface area (Å²) in [5.74, 6) is 1.18. The molecule has 0 spiro atoms. The maximum atomic E-state index is 13.0. The fourth-order valence-electron chi connectivity index (χ4n) is 4.70. The number of halogens is 1. The third-order valence-electron chi connectivity index (χ3n) is 6.29. The van der Waals surface area contributed by atoms with Crippen molar-refractivity contribution >= 4 is 10.9 Å². The fourth-order valence-corrected chi connectivity index (χ4v) is 4.70. The van der Waals surface area contributed by atoms with Crippen molar-refractivity contribution in [1.29, 1.82) is 0 Å². The number of nitrogens with zero attached hydrogens (tertiary/aromatic N) is 2. The molecule has 166 valence electrons. The molecule has 0 saturated heterocycles. The third kappa shape index (κ3) is 3.84. The molecule has 0 saturated carbocycles. The number of fused-ring (bicyclic) bond motifs is 2. The van der Waals surface area contributed by atoms with Gasteiger partial charge >= 0.3 is 0 Å². The first-order valence-corrected chi connectivity index (χ1v) is 10.4. The number of aryl methyl sites for hydroxylation is 1. The summed E-state index contributed by atoms with van der Waals surface area (Å²) < 4.78 is 11.9. The molecule has 4 aromatic rings. The Morgan fingerprint density at radius 3 is 2.66 bits per heavy atom. The van der Waals surface area contributed by atoms with Crippen molar-refractivity contribution in [1.82, 2.24) is 9.97 Å².